The molecule has 2 atom stereocenters. The molecule has 0 fully saturated rings. The average molecular weight is 558 g/mol. The van der Waals surface area contributed by atoms with E-state index in [4.69, 9.17) is 15.2 Å². The van der Waals surface area contributed by atoms with Crippen molar-refractivity contribution in [2.24, 2.45) is 11.7 Å². The summed E-state index contributed by atoms with van der Waals surface area (Å²) in [5.41, 5.74) is 9.66. The average Bonchev–Trinajstić information content (AvgIpc) is 2.91. The summed E-state index contributed by atoms with van der Waals surface area (Å²) in [6, 6.07) is 8.69. The summed E-state index contributed by atoms with van der Waals surface area (Å²) in [5.74, 6) is -0.610. The van der Waals surface area contributed by atoms with Gasteiger partial charge in [-0.15, -0.1) is 0 Å². The number of ether oxygens (including phenoxy) is 2. The molecule has 2 aliphatic carbocycles. The second kappa shape index (κ2) is 11.7. The minimum absolute atomic E-state index is 0.00203. The number of pyridine rings is 1. The van der Waals surface area contributed by atoms with Crippen molar-refractivity contribution in [2.75, 3.05) is 13.1 Å². The van der Waals surface area contributed by atoms with Crippen molar-refractivity contribution in [3.05, 3.63) is 86.1 Å². The van der Waals surface area contributed by atoms with Gasteiger partial charge in [-0.05, 0) is 69.0 Å². The van der Waals surface area contributed by atoms with Gasteiger partial charge in [-0.3, -0.25) is 14.9 Å². The van der Waals surface area contributed by atoms with Crippen LogP contribution in [0.1, 0.15) is 50.9 Å². The fraction of sp³-hybridized carbons (Fsp3) is 0.333. The number of hydrogen-bond donors (Lipinski definition) is 1. The zero-order chi connectivity index (χ0) is 29.9. The summed E-state index contributed by atoms with van der Waals surface area (Å²) >= 11 is 0. The van der Waals surface area contributed by atoms with Crippen LogP contribution >= 0.6 is 0 Å². The predicted molar refractivity (Wildman–Crippen MR) is 151 cm³/mol. The molecule has 0 spiro atoms. The predicted octanol–water partition coefficient (Wildman–Crippen LogP) is 4.97. The Morgan fingerprint density at radius 3 is 2.63 bits per heavy atom. The lowest BCUT2D eigenvalue weighted by Gasteiger charge is -2.45. The second-order valence-electron chi connectivity index (χ2n) is 9.98. The molecule has 0 saturated carbocycles. The van der Waals surface area contributed by atoms with Crippen LogP contribution in [0.25, 0.3) is 6.08 Å². The number of benzene rings is 1. The van der Waals surface area contributed by atoms with Crippen LogP contribution in [0.2, 0.25) is 0 Å². The van der Waals surface area contributed by atoms with Gasteiger partial charge in [0.25, 0.3) is 11.6 Å². The minimum Gasteiger partial charge on any atom is -0.394 e. The first-order valence-corrected chi connectivity index (χ1v) is 13.3. The van der Waals surface area contributed by atoms with E-state index < -0.39 is 28.2 Å². The molecule has 1 amide bonds. The molecule has 2 N–H and O–H groups in total. The van der Waals surface area contributed by atoms with Crippen molar-refractivity contribution >= 4 is 23.8 Å². The number of rotatable bonds is 7. The molecule has 4 rings (SSSR count). The summed E-state index contributed by atoms with van der Waals surface area (Å²) in [6.07, 6.45) is 5.57. The third kappa shape index (κ3) is 5.88. The standard InChI is InChI=1S/C30H31N5O6/c1-5-24-20-10-18(4)16-30(24,32)25-8-9-27(33-26(25)14-20)41-29(37)40-23-13-19(12-22(15-23)35(38)39)11-21(17-31)28(36)34(6-2)7-3/h5,8-13,15,20H,6-7,14,16,32H2,1-4H3/b21-11+,24-5+/t20-,30?/m1/s1. The Labute approximate surface area is 237 Å². The Kier molecular flexibility index (Phi) is 8.35. The molecule has 1 heterocycles. The number of non-ortho nitro benzene ring substituents is 1. The van der Waals surface area contributed by atoms with Crippen molar-refractivity contribution in [1.29, 1.82) is 5.26 Å². The van der Waals surface area contributed by atoms with Crippen molar-refractivity contribution in [3.63, 3.8) is 0 Å². The smallest absolute Gasteiger partial charge is 0.394 e. The Bertz CT molecular complexity index is 1550. The second-order valence-corrected chi connectivity index (χ2v) is 9.98. The maximum atomic E-state index is 12.7. The molecule has 0 radical (unpaired) electrons. The van der Waals surface area contributed by atoms with E-state index in [9.17, 15) is 25.0 Å². The lowest BCUT2D eigenvalue weighted by molar-refractivity contribution is -0.384. The molecule has 41 heavy (non-hydrogen) atoms. The number of nitriles is 1. The van der Waals surface area contributed by atoms with Crippen molar-refractivity contribution < 1.29 is 24.0 Å². The zero-order valence-electron chi connectivity index (χ0n) is 23.3. The van der Waals surface area contributed by atoms with E-state index >= 15 is 0 Å². The molecule has 1 aromatic heterocycles. The van der Waals surface area contributed by atoms with E-state index in [2.05, 4.69) is 24.1 Å². The molecule has 2 bridgehead atoms. The van der Waals surface area contributed by atoms with Gasteiger partial charge in [0.15, 0.2) is 0 Å². The van der Waals surface area contributed by atoms with Crippen molar-refractivity contribution in [1.82, 2.24) is 9.88 Å². The monoisotopic (exact) mass is 557 g/mol. The molecule has 2 aliphatic rings. The first kappa shape index (κ1) is 29.2. The molecular formula is C30H31N5O6. The Balaban J connectivity index is 1.57. The van der Waals surface area contributed by atoms with Crippen LogP contribution < -0.4 is 15.2 Å². The number of fused-ring (bicyclic) bond motifs is 4. The topological polar surface area (TPSA) is 162 Å². The normalized spacial score (nSPS) is 20.4. The number of likely N-dealkylation sites (N-methyl/N-ethyl adjacent to an activating group) is 1. The molecule has 11 heteroatoms. The lowest BCUT2D eigenvalue weighted by Crippen LogP contribution is -2.47. The number of amides is 1. The highest BCUT2D eigenvalue weighted by Crippen LogP contribution is 2.48. The molecule has 2 aromatic rings. The van der Waals surface area contributed by atoms with E-state index in [0.29, 0.717) is 25.9 Å². The van der Waals surface area contributed by atoms with E-state index in [1.807, 2.05) is 13.0 Å². The molecule has 1 unspecified atom stereocenters. The number of hydrogen-bond acceptors (Lipinski definition) is 9. The van der Waals surface area contributed by atoms with Gasteiger partial charge in [0.05, 0.1) is 22.2 Å². The molecular weight excluding hydrogens is 526 g/mol. The third-order valence-electron chi connectivity index (χ3n) is 7.34. The van der Waals surface area contributed by atoms with E-state index in [-0.39, 0.29) is 28.7 Å². The molecule has 1 aromatic carbocycles. The third-order valence-corrected chi connectivity index (χ3v) is 7.34. The number of carbonyl (C=O) groups excluding carboxylic acids is 2. The highest BCUT2D eigenvalue weighted by atomic mass is 16.7. The van der Waals surface area contributed by atoms with Crippen LogP contribution in [-0.2, 0) is 16.8 Å². The van der Waals surface area contributed by atoms with Crippen LogP contribution in [0.5, 0.6) is 11.6 Å². The van der Waals surface area contributed by atoms with Crippen LogP contribution in [0.4, 0.5) is 10.5 Å². The number of aromatic nitrogens is 1. The van der Waals surface area contributed by atoms with Gasteiger partial charge in [-0.2, -0.15) is 5.26 Å². The molecule has 11 nitrogen and oxygen atoms in total. The summed E-state index contributed by atoms with van der Waals surface area (Å²) in [5, 5.41) is 21.1. The summed E-state index contributed by atoms with van der Waals surface area (Å²) < 4.78 is 10.6. The number of nitro benzene ring substituents is 1. The summed E-state index contributed by atoms with van der Waals surface area (Å²) in [6.45, 7) is 8.36. The first-order chi connectivity index (χ1) is 19.5. The van der Waals surface area contributed by atoms with Crippen LogP contribution in [0, 0.1) is 27.4 Å². The number of carbonyl (C=O) groups is 2. The fourth-order valence-corrected chi connectivity index (χ4v) is 5.61. The SMILES string of the molecule is C/C=C1\[C@@H]2C=C(C)CC1(N)c1ccc(OC(=O)Oc3cc(/C=C(\C#N)C(=O)N(CC)CC)cc([N+](=O)[O-])c3)nc1C2. The van der Waals surface area contributed by atoms with Gasteiger partial charge >= 0.3 is 6.16 Å². The summed E-state index contributed by atoms with van der Waals surface area (Å²) in [4.78, 5) is 42.1. The Morgan fingerprint density at radius 2 is 2.00 bits per heavy atom. The summed E-state index contributed by atoms with van der Waals surface area (Å²) in [7, 11) is 0. The number of allylic oxidation sites excluding steroid dienone is 2. The van der Waals surface area contributed by atoms with Crippen LogP contribution in [-0.4, -0.2) is 40.0 Å². The molecule has 0 aliphatic heterocycles. The van der Waals surface area contributed by atoms with Crippen LogP contribution in [0.3, 0.4) is 0 Å². The fourth-order valence-electron chi connectivity index (χ4n) is 5.61. The maximum Gasteiger partial charge on any atom is 0.520 e. The number of nitrogens with zero attached hydrogens (tertiary/aromatic N) is 4. The van der Waals surface area contributed by atoms with E-state index in [1.54, 1.807) is 19.9 Å². The van der Waals surface area contributed by atoms with Gasteiger partial charge in [-0.25, -0.2) is 9.78 Å². The van der Waals surface area contributed by atoms with Crippen LogP contribution in [0.15, 0.2) is 59.2 Å². The highest BCUT2D eigenvalue weighted by molar-refractivity contribution is 6.01. The van der Waals surface area contributed by atoms with E-state index in [0.717, 1.165) is 22.9 Å². The largest absolute Gasteiger partial charge is 0.520 e. The molecule has 212 valence electrons. The van der Waals surface area contributed by atoms with Gasteiger partial charge in [-0.1, -0.05) is 17.7 Å². The van der Waals surface area contributed by atoms with Gasteiger partial charge in [0.2, 0.25) is 5.88 Å². The minimum atomic E-state index is -1.16. The quantitative estimate of drug-likeness (QED) is 0.0942. The van der Waals surface area contributed by atoms with Crippen molar-refractivity contribution in [2.45, 2.75) is 46.1 Å². The first-order valence-electron chi connectivity index (χ1n) is 13.3. The van der Waals surface area contributed by atoms with Crippen molar-refractivity contribution in [3.8, 4) is 17.7 Å². The Morgan fingerprint density at radius 1 is 1.27 bits per heavy atom. The zero-order valence-corrected chi connectivity index (χ0v) is 23.3. The molecule has 0 saturated heterocycles. The highest BCUT2D eigenvalue weighted by Gasteiger charge is 2.44. The van der Waals surface area contributed by atoms with Gasteiger partial charge < -0.3 is 20.1 Å². The van der Waals surface area contributed by atoms with E-state index in [1.165, 1.54) is 34.7 Å². The van der Waals surface area contributed by atoms with Gasteiger partial charge in [0.1, 0.15) is 17.4 Å². The number of nitrogens with two attached hydrogens (primary N) is 1. The van der Waals surface area contributed by atoms with Gasteiger partial charge in [0, 0.05) is 37.6 Å². The lowest BCUT2D eigenvalue weighted by atomic mass is 9.63. The number of nitro groups is 1. The maximum absolute atomic E-state index is 12.7. The Hall–Kier alpha value is -4.82.